The molecule has 0 aromatic heterocycles. The maximum absolute atomic E-state index is 11.8. The highest BCUT2D eigenvalue weighted by atomic mass is 16.2. The summed E-state index contributed by atoms with van der Waals surface area (Å²) in [5.74, 6) is 0.739. The number of piperidine rings is 1. The van der Waals surface area contributed by atoms with Crippen LogP contribution >= 0.6 is 0 Å². The molecule has 0 saturated carbocycles. The summed E-state index contributed by atoms with van der Waals surface area (Å²) in [5.41, 5.74) is 5.18. The van der Waals surface area contributed by atoms with E-state index in [1.807, 2.05) is 0 Å². The second-order valence-corrected chi connectivity index (χ2v) is 9.23. The van der Waals surface area contributed by atoms with Gasteiger partial charge in [0.2, 0.25) is 0 Å². The quantitative estimate of drug-likeness (QED) is 0.704. The molecule has 2 fully saturated rings. The van der Waals surface area contributed by atoms with Gasteiger partial charge in [-0.05, 0) is 74.5 Å². The number of benzene rings is 2. The first kappa shape index (κ1) is 21.8. The number of hydrogen-bond donors (Lipinski definition) is 1. The molecule has 0 unspecified atom stereocenters. The predicted molar refractivity (Wildman–Crippen MR) is 128 cm³/mol. The van der Waals surface area contributed by atoms with Crippen molar-refractivity contribution in [3.63, 3.8) is 0 Å². The van der Waals surface area contributed by atoms with Gasteiger partial charge < -0.3 is 15.1 Å². The second-order valence-electron chi connectivity index (χ2n) is 9.23. The van der Waals surface area contributed by atoms with Gasteiger partial charge in [-0.1, -0.05) is 36.4 Å². The highest BCUT2D eigenvalue weighted by Gasteiger charge is 2.22. The first-order chi connectivity index (χ1) is 15.1. The zero-order chi connectivity index (χ0) is 21.6. The summed E-state index contributed by atoms with van der Waals surface area (Å²) in [6, 6.07) is 17.2. The number of nitrogens with zero attached hydrogens (tertiary/aromatic N) is 3. The minimum atomic E-state index is 0.00847. The predicted octanol–water partition coefficient (Wildman–Crippen LogP) is 3.91. The fourth-order valence-corrected chi connectivity index (χ4v) is 4.99. The van der Waals surface area contributed by atoms with Gasteiger partial charge in [0.15, 0.2) is 0 Å². The standard InChI is InChI=1S/C26H36N4O/c1-21-6-3-4-8-24(21)13-16-29-15-5-7-23(20-29)19-28(2)18-22-9-11-25(12-10-22)30-17-14-27-26(30)31/h3-4,6,8-12,23H,5,7,13-20H2,1-2H3,(H,27,31)/t23-/m0/s1. The van der Waals surface area contributed by atoms with E-state index in [-0.39, 0.29) is 6.03 Å². The third-order valence-corrected chi connectivity index (χ3v) is 6.69. The molecule has 0 spiro atoms. The molecular formula is C26H36N4O. The second kappa shape index (κ2) is 10.3. The Bertz CT molecular complexity index is 866. The Balaban J connectivity index is 1.24. The largest absolute Gasteiger partial charge is 0.336 e. The van der Waals surface area contributed by atoms with Crippen molar-refractivity contribution in [3.8, 4) is 0 Å². The van der Waals surface area contributed by atoms with Crippen LogP contribution in [0.4, 0.5) is 10.5 Å². The molecule has 166 valence electrons. The number of anilines is 1. The third kappa shape index (κ3) is 5.86. The molecule has 0 aliphatic carbocycles. The number of hydrogen-bond acceptors (Lipinski definition) is 3. The van der Waals surface area contributed by atoms with E-state index in [0.29, 0.717) is 0 Å². The van der Waals surface area contributed by atoms with Gasteiger partial charge in [0.05, 0.1) is 0 Å². The summed E-state index contributed by atoms with van der Waals surface area (Å²) in [6.45, 7) is 9.39. The lowest BCUT2D eigenvalue weighted by Crippen LogP contribution is -2.40. The van der Waals surface area contributed by atoms with Gasteiger partial charge in [0, 0.05) is 45.0 Å². The van der Waals surface area contributed by atoms with Gasteiger partial charge in [-0.25, -0.2) is 4.79 Å². The van der Waals surface area contributed by atoms with Gasteiger partial charge in [0.1, 0.15) is 0 Å². The lowest BCUT2D eigenvalue weighted by molar-refractivity contribution is 0.142. The Labute approximate surface area is 187 Å². The molecule has 2 saturated heterocycles. The van der Waals surface area contributed by atoms with E-state index in [2.05, 4.69) is 77.6 Å². The highest BCUT2D eigenvalue weighted by molar-refractivity contribution is 5.93. The van der Waals surface area contributed by atoms with Crippen molar-refractivity contribution in [2.75, 3.05) is 51.2 Å². The Morgan fingerprint density at radius 3 is 2.65 bits per heavy atom. The fraction of sp³-hybridized carbons (Fsp3) is 0.500. The summed E-state index contributed by atoms with van der Waals surface area (Å²) in [6.07, 6.45) is 3.78. The van der Waals surface area contributed by atoms with Crippen molar-refractivity contribution in [3.05, 3.63) is 65.2 Å². The van der Waals surface area contributed by atoms with Crippen LogP contribution in [0.15, 0.2) is 48.5 Å². The zero-order valence-corrected chi connectivity index (χ0v) is 19.0. The Kier molecular flexibility index (Phi) is 7.25. The van der Waals surface area contributed by atoms with Crippen molar-refractivity contribution in [1.82, 2.24) is 15.1 Å². The molecule has 2 amide bonds. The normalized spacial score (nSPS) is 19.8. The van der Waals surface area contributed by atoms with Crippen molar-refractivity contribution in [1.29, 1.82) is 0 Å². The van der Waals surface area contributed by atoms with Gasteiger partial charge in [0.25, 0.3) is 0 Å². The number of carbonyl (C=O) groups is 1. The number of amides is 2. The highest BCUT2D eigenvalue weighted by Crippen LogP contribution is 2.21. The summed E-state index contributed by atoms with van der Waals surface area (Å²) >= 11 is 0. The van der Waals surface area contributed by atoms with E-state index >= 15 is 0 Å². The lowest BCUT2D eigenvalue weighted by Gasteiger charge is -2.35. The number of carbonyl (C=O) groups excluding carboxylic acids is 1. The molecule has 2 aliphatic heterocycles. The van der Waals surface area contributed by atoms with E-state index in [0.717, 1.165) is 50.7 Å². The minimum Gasteiger partial charge on any atom is -0.336 e. The fourth-order valence-electron chi connectivity index (χ4n) is 4.99. The van der Waals surface area contributed by atoms with E-state index in [9.17, 15) is 4.79 Å². The van der Waals surface area contributed by atoms with Crippen LogP contribution in [0.5, 0.6) is 0 Å². The average molecular weight is 421 g/mol. The van der Waals surface area contributed by atoms with E-state index in [4.69, 9.17) is 0 Å². The Hall–Kier alpha value is -2.37. The van der Waals surface area contributed by atoms with Gasteiger partial charge in [-0.2, -0.15) is 0 Å². The monoisotopic (exact) mass is 420 g/mol. The lowest BCUT2D eigenvalue weighted by atomic mass is 9.96. The van der Waals surface area contributed by atoms with Crippen molar-refractivity contribution in [2.45, 2.75) is 32.7 Å². The summed E-state index contributed by atoms with van der Waals surface area (Å²) in [4.78, 5) is 18.7. The molecule has 0 bridgehead atoms. The zero-order valence-electron chi connectivity index (χ0n) is 19.0. The first-order valence-electron chi connectivity index (χ1n) is 11.7. The van der Waals surface area contributed by atoms with Crippen molar-refractivity contribution >= 4 is 11.7 Å². The molecular weight excluding hydrogens is 384 g/mol. The molecule has 31 heavy (non-hydrogen) atoms. The number of urea groups is 1. The molecule has 0 radical (unpaired) electrons. The first-order valence-corrected chi connectivity index (χ1v) is 11.7. The van der Waals surface area contributed by atoms with Crippen molar-refractivity contribution in [2.24, 2.45) is 5.92 Å². The van der Waals surface area contributed by atoms with E-state index in [1.54, 1.807) is 4.90 Å². The van der Waals surface area contributed by atoms with Crippen LogP contribution in [0.3, 0.4) is 0 Å². The molecule has 1 N–H and O–H groups in total. The number of nitrogens with one attached hydrogen (secondary N) is 1. The summed E-state index contributed by atoms with van der Waals surface area (Å²) < 4.78 is 0. The maximum Gasteiger partial charge on any atom is 0.321 e. The minimum absolute atomic E-state index is 0.00847. The topological polar surface area (TPSA) is 38.8 Å². The van der Waals surface area contributed by atoms with Crippen LogP contribution in [0.2, 0.25) is 0 Å². The van der Waals surface area contributed by atoms with Gasteiger partial charge >= 0.3 is 6.03 Å². The van der Waals surface area contributed by atoms with Crippen LogP contribution in [0, 0.1) is 12.8 Å². The smallest absolute Gasteiger partial charge is 0.321 e. The van der Waals surface area contributed by atoms with Gasteiger partial charge in [-0.15, -0.1) is 0 Å². The molecule has 2 aromatic carbocycles. The van der Waals surface area contributed by atoms with Crippen LogP contribution in [0.1, 0.15) is 29.5 Å². The molecule has 2 aliphatic rings. The van der Waals surface area contributed by atoms with Crippen molar-refractivity contribution < 1.29 is 4.79 Å². The molecule has 5 nitrogen and oxygen atoms in total. The Morgan fingerprint density at radius 2 is 1.90 bits per heavy atom. The molecule has 5 heteroatoms. The summed E-state index contributed by atoms with van der Waals surface area (Å²) in [5, 5.41) is 2.86. The van der Waals surface area contributed by atoms with E-state index < -0.39 is 0 Å². The molecule has 1 atom stereocenters. The summed E-state index contributed by atoms with van der Waals surface area (Å²) in [7, 11) is 2.23. The number of aryl methyl sites for hydroxylation is 1. The van der Waals surface area contributed by atoms with Crippen LogP contribution < -0.4 is 10.2 Å². The van der Waals surface area contributed by atoms with Crippen LogP contribution in [0.25, 0.3) is 0 Å². The molecule has 2 aromatic rings. The number of rotatable bonds is 8. The maximum atomic E-state index is 11.8. The van der Waals surface area contributed by atoms with Crippen LogP contribution in [-0.2, 0) is 13.0 Å². The van der Waals surface area contributed by atoms with Crippen LogP contribution in [-0.4, -0.2) is 62.1 Å². The number of likely N-dealkylation sites (tertiary alicyclic amines) is 1. The Morgan fingerprint density at radius 1 is 1.10 bits per heavy atom. The van der Waals surface area contributed by atoms with Gasteiger partial charge in [-0.3, -0.25) is 4.90 Å². The molecule has 4 rings (SSSR count). The van der Waals surface area contributed by atoms with E-state index in [1.165, 1.54) is 42.6 Å². The SMILES string of the molecule is Cc1ccccc1CCN1CCC[C@@H](CN(C)Cc2ccc(N3CCNC3=O)cc2)C1. The molecule has 2 heterocycles. The average Bonchev–Trinajstić information content (AvgIpc) is 3.20. The third-order valence-electron chi connectivity index (χ3n) is 6.69.